The van der Waals surface area contributed by atoms with Gasteiger partial charge in [0, 0.05) is 0 Å². The summed E-state index contributed by atoms with van der Waals surface area (Å²) in [7, 11) is 0. The highest BCUT2D eigenvalue weighted by Crippen LogP contribution is 2.38. The molecule has 1 aromatic carbocycles. The molecular formula is C16H22O2. The Balaban J connectivity index is 1.91. The molecule has 0 N–H and O–H groups in total. The summed E-state index contributed by atoms with van der Waals surface area (Å²) in [6, 6.07) is 4.42. The van der Waals surface area contributed by atoms with Gasteiger partial charge in [0.2, 0.25) is 0 Å². The predicted molar refractivity (Wildman–Crippen MR) is 72.4 cm³/mol. The fourth-order valence-electron chi connectivity index (χ4n) is 2.84. The average Bonchev–Trinajstić information content (AvgIpc) is 2.35. The summed E-state index contributed by atoms with van der Waals surface area (Å²) in [6.07, 6.45) is 3.69. The Labute approximate surface area is 109 Å². The average molecular weight is 246 g/mol. The van der Waals surface area contributed by atoms with Crippen molar-refractivity contribution >= 4 is 0 Å². The van der Waals surface area contributed by atoms with E-state index in [2.05, 4.69) is 32.9 Å². The second-order valence-corrected chi connectivity index (χ2v) is 6.05. The van der Waals surface area contributed by atoms with E-state index in [-0.39, 0.29) is 0 Å². The van der Waals surface area contributed by atoms with Gasteiger partial charge in [-0.2, -0.15) is 0 Å². The summed E-state index contributed by atoms with van der Waals surface area (Å²) in [6.45, 7) is 7.56. The Morgan fingerprint density at radius 1 is 1.17 bits per heavy atom. The molecule has 2 aliphatic rings. The summed E-state index contributed by atoms with van der Waals surface area (Å²) < 4.78 is 11.9. The van der Waals surface area contributed by atoms with Gasteiger partial charge in [-0.3, -0.25) is 0 Å². The maximum absolute atomic E-state index is 5.94. The third kappa shape index (κ3) is 2.09. The first-order chi connectivity index (χ1) is 8.63. The predicted octanol–water partition coefficient (Wildman–Crippen LogP) is 3.61. The van der Waals surface area contributed by atoms with Crippen LogP contribution in [0.5, 0.6) is 11.5 Å². The van der Waals surface area contributed by atoms with Crippen molar-refractivity contribution in [2.75, 3.05) is 6.61 Å². The van der Waals surface area contributed by atoms with Gasteiger partial charge in [0.1, 0.15) is 11.5 Å². The normalized spacial score (nSPS) is 26.0. The van der Waals surface area contributed by atoms with E-state index in [0.717, 1.165) is 37.4 Å². The van der Waals surface area contributed by atoms with E-state index in [4.69, 9.17) is 9.47 Å². The highest BCUT2D eigenvalue weighted by Gasteiger charge is 2.26. The monoisotopic (exact) mass is 246 g/mol. The third-order valence-electron chi connectivity index (χ3n) is 4.27. The molecule has 0 saturated heterocycles. The fourth-order valence-corrected chi connectivity index (χ4v) is 2.84. The molecule has 3 rings (SSSR count). The molecule has 0 saturated carbocycles. The van der Waals surface area contributed by atoms with Gasteiger partial charge < -0.3 is 9.47 Å². The first-order valence-corrected chi connectivity index (χ1v) is 7.08. The summed E-state index contributed by atoms with van der Waals surface area (Å²) in [5.41, 5.74) is 2.64. The lowest BCUT2D eigenvalue weighted by Gasteiger charge is -2.31. The van der Waals surface area contributed by atoms with Crippen LogP contribution in [0.1, 0.15) is 38.3 Å². The van der Waals surface area contributed by atoms with Crippen molar-refractivity contribution in [1.82, 2.24) is 0 Å². The zero-order valence-electron chi connectivity index (χ0n) is 11.5. The molecule has 0 fully saturated rings. The molecule has 0 radical (unpaired) electrons. The topological polar surface area (TPSA) is 18.5 Å². The lowest BCUT2D eigenvalue weighted by molar-refractivity contribution is 0.176. The second-order valence-electron chi connectivity index (χ2n) is 6.05. The Hall–Kier alpha value is -1.18. The van der Waals surface area contributed by atoms with Crippen LogP contribution in [0.4, 0.5) is 0 Å². The van der Waals surface area contributed by atoms with Crippen LogP contribution in [0.15, 0.2) is 12.1 Å². The SMILES string of the molecule is CC1CCc2cc3c(cc2O1)CC(C(C)C)CO3. The van der Waals surface area contributed by atoms with E-state index >= 15 is 0 Å². The smallest absolute Gasteiger partial charge is 0.123 e. The van der Waals surface area contributed by atoms with Crippen LogP contribution in [-0.2, 0) is 12.8 Å². The molecule has 0 spiro atoms. The van der Waals surface area contributed by atoms with Crippen LogP contribution < -0.4 is 9.47 Å². The lowest BCUT2D eigenvalue weighted by atomic mass is 9.87. The molecule has 0 aliphatic carbocycles. The number of hydrogen-bond donors (Lipinski definition) is 0. The zero-order valence-corrected chi connectivity index (χ0v) is 11.5. The quantitative estimate of drug-likeness (QED) is 0.753. The van der Waals surface area contributed by atoms with E-state index in [0.29, 0.717) is 17.9 Å². The van der Waals surface area contributed by atoms with Crippen LogP contribution in [0.3, 0.4) is 0 Å². The lowest BCUT2D eigenvalue weighted by Crippen LogP contribution is -2.26. The van der Waals surface area contributed by atoms with Gasteiger partial charge in [-0.15, -0.1) is 0 Å². The Morgan fingerprint density at radius 3 is 2.72 bits per heavy atom. The van der Waals surface area contributed by atoms with Gasteiger partial charge in [-0.1, -0.05) is 13.8 Å². The van der Waals surface area contributed by atoms with Crippen LogP contribution in [0.2, 0.25) is 0 Å². The summed E-state index contributed by atoms with van der Waals surface area (Å²) in [5, 5.41) is 0. The van der Waals surface area contributed by atoms with Crippen molar-refractivity contribution in [2.24, 2.45) is 11.8 Å². The van der Waals surface area contributed by atoms with Crippen molar-refractivity contribution in [2.45, 2.75) is 46.1 Å². The molecule has 0 bridgehead atoms. The van der Waals surface area contributed by atoms with Crippen LogP contribution in [-0.4, -0.2) is 12.7 Å². The van der Waals surface area contributed by atoms with Gasteiger partial charge >= 0.3 is 0 Å². The first-order valence-electron chi connectivity index (χ1n) is 7.08. The van der Waals surface area contributed by atoms with Crippen molar-refractivity contribution in [1.29, 1.82) is 0 Å². The minimum Gasteiger partial charge on any atom is -0.493 e. The largest absolute Gasteiger partial charge is 0.493 e. The highest BCUT2D eigenvalue weighted by molar-refractivity contribution is 5.48. The fraction of sp³-hybridized carbons (Fsp3) is 0.625. The number of benzene rings is 1. The third-order valence-corrected chi connectivity index (χ3v) is 4.27. The molecule has 2 heteroatoms. The van der Waals surface area contributed by atoms with Crippen molar-refractivity contribution in [3.63, 3.8) is 0 Å². The van der Waals surface area contributed by atoms with E-state index in [9.17, 15) is 0 Å². The molecule has 18 heavy (non-hydrogen) atoms. The minimum atomic E-state index is 0.348. The molecule has 2 nitrogen and oxygen atoms in total. The summed E-state index contributed by atoms with van der Waals surface area (Å²) in [4.78, 5) is 0. The van der Waals surface area contributed by atoms with Gasteiger partial charge in [-0.05, 0) is 61.3 Å². The van der Waals surface area contributed by atoms with Crippen molar-refractivity contribution in [3.05, 3.63) is 23.3 Å². The first kappa shape index (κ1) is 11.9. The number of fused-ring (bicyclic) bond motifs is 2. The number of hydrogen-bond acceptors (Lipinski definition) is 2. The highest BCUT2D eigenvalue weighted by atomic mass is 16.5. The molecule has 2 atom stereocenters. The maximum Gasteiger partial charge on any atom is 0.123 e. The molecule has 2 heterocycles. The maximum atomic E-state index is 5.94. The van der Waals surface area contributed by atoms with Gasteiger partial charge in [0.05, 0.1) is 12.7 Å². The molecule has 2 unspecified atom stereocenters. The van der Waals surface area contributed by atoms with E-state index in [1.807, 2.05) is 0 Å². The molecule has 2 aliphatic heterocycles. The molecule has 0 aromatic heterocycles. The van der Waals surface area contributed by atoms with E-state index in [1.165, 1.54) is 11.1 Å². The molecular weight excluding hydrogens is 224 g/mol. The molecule has 0 amide bonds. The second kappa shape index (κ2) is 4.49. The summed E-state index contributed by atoms with van der Waals surface area (Å²) >= 11 is 0. The van der Waals surface area contributed by atoms with Gasteiger partial charge in [0.15, 0.2) is 0 Å². The number of aryl methyl sites for hydroxylation is 1. The van der Waals surface area contributed by atoms with Crippen LogP contribution in [0.25, 0.3) is 0 Å². The van der Waals surface area contributed by atoms with Crippen LogP contribution >= 0.6 is 0 Å². The van der Waals surface area contributed by atoms with Crippen molar-refractivity contribution in [3.8, 4) is 11.5 Å². The molecule has 1 aromatic rings. The molecule has 98 valence electrons. The van der Waals surface area contributed by atoms with Crippen LogP contribution in [0, 0.1) is 11.8 Å². The van der Waals surface area contributed by atoms with E-state index < -0.39 is 0 Å². The van der Waals surface area contributed by atoms with Gasteiger partial charge in [-0.25, -0.2) is 0 Å². The summed E-state index contributed by atoms with van der Waals surface area (Å²) in [5.74, 6) is 3.48. The Morgan fingerprint density at radius 2 is 1.94 bits per heavy atom. The van der Waals surface area contributed by atoms with Crippen molar-refractivity contribution < 1.29 is 9.47 Å². The van der Waals surface area contributed by atoms with E-state index in [1.54, 1.807) is 0 Å². The van der Waals surface area contributed by atoms with Gasteiger partial charge in [0.25, 0.3) is 0 Å². The zero-order chi connectivity index (χ0) is 12.7. The standard InChI is InChI=1S/C16H22O2/c1-10(2)14-6-13-8-16-12(5-4-11(3)18-16)7-15(13)17-9-14/h7-8,10-11,14H,4-6,9H2,1-3H3. The number of rotatable bonds is 1. The minimum absolute atomic E-state index is 0.348. The number of ether oxygens (including phenoxy) is 2. The Bertz CT molecular complexity index is 451. The Kier molecular flexibility index (Phi) is 2.96.